The van der Waals surface area contributed by atoms with Gasteiger partial charge in [0.1, 0.15) is 0 Å². The topological polar surface area (TPSA) is 42.8 Å². The SMILES string of the molecule is COc1ccc2[nH]c(=S)n(-c3cc(Cl)c(F)c(Cl)c3)c2n1. The normalized spacial score (nSPS) is 11.0. The molecule has 1 aromatic carbocycles. The van der Waals surface area contributed by atoms with E-state index in [1.54, 1.807) is 16.7 Å². The summed E-state index contributed by atoms with van der Waals surface area (Å²) >= 11 is 17.0. The van der Waals surface area contributed by atoms with Crippen LogP contribution in [-0.2, 0) is 0 Å². The molecular formula is C13H8Cl2FN3OS. The maximum atomic E-state index is 13.5. The van der Waals surface area contributed by atoms with Crippen LogP contribution >= 0.6 is 35.4 Å². The number of hydrogen-bond acceptors (Lipinski definition) is 3. The van der Waals surface area contributed by atoms with Gasteiger partial charge in [-0.15, -0.1) is 0 Å². The van der Waals surface area contributed by atoms with Crippen molar-refractivity contribution in [3.63, 3.8) is 0 Å². The van der Waals surface area contributed by atoms with Crippen molar-refractivity contribution in [2.45, 2.75) is 0 Å². The van der Waals surface area contributed by atoms with Gasteiger partial charge in [0.25, 0.3) is 0 Å². The molecule has 0 bridgehead atoms. The third-order valence-corrected chi connectivity index (χ3v) is 3.78. The van der Waals surface area contributed by atoms with Crippen LogP contribution in [0.4, 0.5) is 4.39 Å². The van der Waals surface area contributed by atoms with Gasteiger partial charge in [-0.3, -0.25) is 4.57 Å². The van der Waals surface area contributed by atoms with Crippen LogP contribution in [0.25, 0.3) is 16.9 Å². The van der Waals surface area contributed by atoms with E-state index in [2.05, 4.69) is 9.97 Å². The lowest BCUT2D eigenvalue weighted by Crippen LogP contribution is -1.98. The second-order valence-electron chi connectivity index (χ2n) is 4.21. The Balaban J connectivity index is 2.34. The highest BCUT2D eigenvalue weighted by Gasteiger charge is 2.13. The number of halogens is 3. The molecule has 8 heteroatoms. The lowest BCUT2D eigenvalue weighted by molar-refractivity contribution is 0.399. The van der Waals surface area contributed by atoms with Gasteiger partial charge >= 0.3 is 0 Å². The molecule has 2 heterocycles. The molecule has 108 valence electrons. The van der Waals surface area contributed by atoms with E-state index in [1.165, 1.54) is 19.2 Å². The molecule has 2 aromatic heterocycles. The van der Waals surface area contributed by atoms with E-state index in [0.29, 0.717) is 22.0 Å². The summed E-state index contributed by atoms with van der Waals surface area (Å²) < 4.78 is 20.7. The molecule has 0 fully saturated rings. The van der Waals surface area contributed by atoms with Crippen LogP contribution in [0.2, 0.25) is 10.0 Å². The molecule has 0 aliphatic heterocycles. The number of benzene rings is 1. The van der Waals surface area contributed by atoms with Gasteiger partial charge in [-0.2, -0.15) is 4.98 Å². The lowest BCUT2D eigenvalue weighted by Gasteiger charge is -2.07. The quantitative estimate of drug-likeness (QED) is 0.548. The minimum absolute atomic E-state index is 0.0864. The number of imidazole rings is 1. The molecule has 0 aliphatic carbocycles. The molecule has 0 amide bonds. The summed E-state index contributed by atoms with van der Waals surface area (Å²) in [6.45, 7) is 0. The average molecular weight is 344 g/mol. The maximum absolute atomic E-state index is 13.5. The predicted octanol–water partition coefficient (Wildman–Crippen LogP) is 4.54. The van der Waals surface area contributed by atoms with Gasteiger partial charge in [-0.1, -0.05) is 23.2 Å². The Labute approximate surface area is 134 Å². The Morgan fingerprint density at radius 1 is 1.29 bits per heavy atom. The number of aromatic nitrogens is 3. The highest BCUT2D eigenvalue weighted by atomic mass is 35.5. The van der Waals surface area contributed by atoms with E-state index in [4.69, 9.17) is 40.2 Å². The molecule has 0 atom stereocenters. The number of fused-ring (bicyclic) bond motifs is 1. The van der Waals surface area contributed by atoms with Crippen LogP contribution in [0, 0.1) is 10.6 Å². The molecule has 0 unspecified atom stereocenters. The molecule has 0 saturated carbocycles. The van der Waals surface area contributed by atoms with Crippen LogP contribution in [0.5, 0.6) is 5.88 Å². The summed E-state index contributed by atoms with van der Waals surface area (Å²) in [7, 11) is 1.52. The molecule has 0 saturated heterocycles. The van der Waals surface area contributed by atoms with Crippen LogP contribution in [0.15, 0.2) is 24.3 Å². The third-order valence-electron chi connectivity index (χ3n) is 2.94. The Bertz CT molecular complexity index is 883. The van der Waals surface area contributed by atoms with Crippen LogP contribution < -0.4 is 4.74 Å². The summed E-state index contributed by atoms with van der Waals surface area (Å²) in [5.41, 5.74) is 1.78. The fourth-order valence-electron chi connectivity index (χ4n) is 1.99. The number of methoxy groups -OCH3 is 1. The Morgan fingerprint density at radius 2 is 1.95 bits per heavy atom. The molecule has 0 aliphatic rings. The van der Waals surface area contributed by atoms with E-state index >= 15 is 0 Å². The second-order valence-corrected chi connectivity index (χ2v) is 5.41. The summed E-state index contributed by atoms with van der Waals surface area (Å²) in [6.07, 6.45) is 0. The van der Waals surface area contributed by atoms with E-state index in [-0.39, 0.29) is 10.0 Å². The van der Waals surface area contributed by atoms with E-state index in [9.17, 15) is 4.39 Å². The number of pyridine rings is 1. The molecule has 21 heavy (non-hydrogen) atoms. The zero-order valence-electron chi connectivity index (χ0n) is 10.7. The molecular weight excluding hydrogens is 336 g/mol. The summed E-state index contributed by atoms with van der Waals surface area (Å²) in [6, 6.07) is 6.38. The van der Waals surface area contributed by atoms with E-state index in [1.807, 2.05) is 0 Å². The predicted molar refractivity (Wildman–Crippen MR) is 82.8 cm³/mol. The standard InChI is InChI=1S/C13H8Cl2FN3OS/c1-20-10-3-2-9-12(18-10)19(13(21)17-9)6-4-7(14)11(16)8(15)5-6/h2-5H,1H3,(H,17,21). The number of rotatable bonds is 2. The minimum atomic E-state index is -0.668. The maximum Gasteiger partial charge on any atom is 0.215 e. The van der Waals surface area contributed by atoms with Crippen LogP contribution in [0.1, 0.15) is 0 Å². The van der Waals surface area contributed by atoms with Crippen molar-refractivity contribution < 1.29 is 9.13 Å². The van der Waals surface area contributed by atoms with Crippen molar-refractivity contribution in [1.82, 2.24) is 14.5 Å². The first kappa shape index (κ1) is 14.3. The smallest absolute Gasteiger partial charge is 0.215 e. The number of nitrogens with zero attached hydrogens (tertiary/aromatic N) is 2. The molecule has 1 N–H and O–H groups in total. The number of nitrogens with one attached hydrogen (secondary N) is 1. The first-order valence-corrected chi connectivity index (χ1v) is 6.98. The van der Waals surface area contributed by atoms with Crippen molar-refractivity contribution in [2.75, 3.05) is 7.11 Å². The highest BCUT2D eigenvalue weighted by Crippen LogP contribution is 2.29. The lowest BCUT2D eigenvalue weighted by atomic mass is 10.3. The summed E-state index contributed by atoms with van der Waals surface area (Å²) in [4.78, 5) is 7.35. The van der Waals surface area contributed by atoms with E-state index < -0.39 is 5.82 Å². The number of H-pyrrole nitrogens is 1. The number of aromatic amines is 1. The van der Waals surface area contributed by atoms with E-state index in [0.717, 1.165) is 5.52 Å². The first-order valence-electron chi connectivity index (χ1n) is 5.82. The van der Waals surface area contributed by atoms with Crippen LogP contribution in [0.3, 0.4) is 0 Å². The van der Waals surface area contributed by atoms with Crippen molar-refractivity contribution >= 4 is 46.6 Å². The highest BCUT2D eigenvalue weighted by molar-refractivity contribution is 7.71. The first-order chi connectivity index (χ1) is 10.0. The van der Waals surface area contributed by atoms with Gasteiger partial charge < -0.3 is 9.72 Å². The van der Waals surface area contributed by atoms with Crippen molar-refractivity contribution in [3.05, 3.63) is 44.9 Å². The summed E-state index contributed by atoms with van der Waals surface area (Å²) in [5, 5.41) is -0.173. The van der Waals surface area contributed by atoms with Gasteiger partial charge in [0.05, 0.1) is 28.4 Å². The van der Waals surface area contributed by atoms with Gasteiger partial charge in [0.15, 0.2) is 16.2 Å². The summed E-state index contributed by atoms with van der Waals surface area (Å²) in [5.74, 6) is -0.233. The zero-order valence-corrected chi connectivity index (χ0v) is 13.0. The third kappa shape index (κ3) is 2.39. The Hall–Kier alpha value is -1.63. The fraction of sp³-hybridized carbons (Fsp3) is 0.0769. The Morgan fingerprint density at radius 3 is 2.57 bits per heavy atom. The minimum Gasteiger partial charge on any atom is -0.481 e. The van der Waals surface area contributed by atoms with Crippen molar-refractivity contribution in [3.8, 4) is 11.6 Å². The Kier molecular flexibility index (Phi) is 3.61. The van der Waals surface area contributed by atoms with Crippen molar-refractivity contribution in [2.24, 2.45) is 0 Å². The largest absolute Gasteiger partial charge is 0.481 e. The van der Waals surface area contributed by atoms with Gasteiger partial charge in [-0.05, 0) is 30.4 Å². The van der Waals surface area contributed by atoms with Gasteiger partial charge in [0.2, 0.25) is 5.88 Å². The monoisotopic (exact) mass is 343 g/mol. The molecule has 3 aromatic rings. The van der Waals surface area contributed by atoms with Gasteiger partial charge in [0, 0.05) is 6.07 Å². The molecule has 0 spiro atoms. The average Bonchev–Trinajstić information content (AvgIpc) is 2.79. The fourth-order valence-corrected chi connectivity index (χ4v) is 2.77. The van der Waals surface area contributed by atoms with Crippen LogP contribution in [-0.4, -0.2) is 21.6 Å². The molecule has 0 radical (unpaired) electrons. The number of ether oxygens (including phenoxy) is 1. The van der Waals surface area contributed by atoms with Gasteiger partial charge in [-0.25, -0.2) is 4.39 Å². The van der Waals surface area contributed by atoms with Crippen molar-refractivity contribution in [1.29, 1.82) is 0 Å². The zero-order chi connectivity index (χ0) is 15.1. The number of hydrogen-bond donors (Lipinski definition) is 1. The molecule has 4 nitrogen and oxygen atoms in total. The molecule has 3 rings (SSSR count). The second kappa shape index (κ2) is 5.29.